The molecule has 1 heterocycles. The third-order valence-corrected chi connectivity index (χ3v) is 3.53. The Morgan fingerprint density at radius 1 is 1.36 bits per heavy atom. The molecular formula is C18H22FN5O. The number of hydrogen-bond acceptors (Lipinski definition) is 4. The zero-order valence-electron chi connectivity index (χ0n) is 14.6. The lowest BCUT2D eigenvalue weighted by Gasteiger charge is -2.10. The molecule has 1 aromatic carbocycles. The highest BCUT2D eigenvalue weighted by atomic mass is 19.1. The van der Waals surface area contributed by atoms with Gasteiger partial charge in [0.05, 0.1) is 30.4 Å². The number of halogens is 1. The fourth-order valence-corrected chi connectivity index (χ4v) is 2.11. The molecule has 2 N–H and O–H groups in total. The molecule has 0 unspecified atom stereocenters. The molecule has 0 aliphatic carbocycles. The Morgan fingerprint density at radius 3 is 2.76 bits per heavy atom. The molecule has 25 heavy (non-hydrogen) atoms. The molecule has 0 spiro atoms. The summed E-state index contributed by atoms with van der Waals surface area (Å²) in [5.74, 6) is 1.13. The van der Waals surface area contributed by atoms with Crippen LogP contribution in [0.4, 0.5) is 4.39 Å². The molecule has 2 aromatic rings. The first-order valence-electron chi connectivity index (χ1n) is 8.19. The van der Waals surface area contributed by atoms with Gasteiger partial charge >= 0.3 is 0 Å². The maximum absolute atomic E-state index is 13.9. The van der Waals surface area contributed by atoms with Crippen LogP contribution in [0.3, 0.4) is 0 Å². The summed E-state index contributed by atoms with van der Waals surface area (Å²) in [4.78, 5) is 4.37. The molecule has 2 rings (SSSR count). The highest BCUT2D eigenvalue weighted by Crippen LogP contribution is 2.14. The van der Waals surface area contributed by atoms with Gasteiger partial charge in [0.25, 0.3) is 0 Å². The van der Waals surface area contributed by atoms with Crippen molar-refractivity contribution in [1.29, 1.82) is 5.26 Å². The molecule has 0 saturated carbocycles. The minimum atomic E-state index is -0.435. The van der Waals surface area contributed by atoms with Crippen LogP contribution in [0.25, 0.3) is 0 Å². The summed E-state index contributed by atoms with van der Waals surface area (Å²) in [5.41, 5.74) is 1.62. The molecular weight excluding hydrogens is 321 g/mol. The molecule has 0 amide bonds. The molecule has 0 atom stereocenters. The first-order valence-corrected chi connectivity index (χ1v) is 8.19. The largest absolute Gasteiger partial charge is 0.359 e. The molecule has 0 aliphatic rings. The van der Waals surface area contributed by atoms with Gasteiger partial charge in [0.2, 0.25) is 0 Å². The summed E-state index contributed by atoms with van der Waals surface area (Å²) in [6, 6.07) is 8.19. The Morgan fingerprint density at radius 2 is 2.16 bits per heavy atom. The van der Waals surface area contributed by atoms with Gasteiger partial charge in [-0.25, -0.2) is 9.38 Å². The van der Waals surface area contributed by atoms with Crippen LogP contribution in [-0.2, 0) is 13.1 Å². The van der Waals surface area contributed by atoms with Crippen molar-refractivity contribution in [3.8, 4) is 6.07 Å². The van der Waals surface area contributed by atoms with Crippen LogP contribution in [0.15, 0.2) is 33.8 Å². The summed E-state index contributed by atoms with van der Waals surface area (Å²) in [6.07, 6.45) is 0. The van der Waals surface area contributed by atoms with Crippen LogP contribution in [0.1, 0.15) is 49.3 Å². The van der Waals surface area contributed by atoms with Crippen molar-refractivity contribution in [3.63, 3.8) is 0 Å². The zero-order chi connectivity index (χ0) is 18.2. The molecule has 0 fully saturated rings. The average molecular weight is 343 g/mol. The second-order valence-electron chi connectivity index (χ2n) is 5.84. The van der Waals surface area contributed by atoms with E-state index in [1.54, 1.807) is 12.1 Å². The van der Waals surface area contributed by atoms with E-state index in [4.69, 9.17) is 9.78 Å². The first kappa shape index (κ1) is 18.5. The van der Waals surface area contributed by atoms with E-state index in [9.17, 15) is 4.39 Å². The smallest absolute Gasteiger partial charge is 0.191 e. The summed E-state index contributed by atoms with van der Waals surface area (Å²) in [5, 5.41) is 19.0. The van der Waals surface area contributed by atoms with Crippen molar-refractivity contribution in [3.05, 3.63) is 52.7 Å². The lowest BCUT2D eigenvalue weighted by atomic mass is 10.1. The van der Waals surface area contributed by atoms with Crippen molar-refractivity contribution < 1.29 is 8.91 Å². The number of nitrogens with zero attached hydrogens (tertiary/aromatic N) is 3. The van der Waals surface area contributed by atoms with Gasteiger partial charge in [-0.3, -0.25) is 0 Å². The van der Waals surface area contributed by atoms with Gasteiger partial charge in [-0.05, 0) is 25.0 Å². The minimum Gasteiger partial charge on any atom is -0.359 e. The van der Waals surface area contributed by atoms with E-state index in [0.29, 0.717) is 41.9 Å². The van der Waals surface area contributed by atoms with E-state index >= 15 is 0 Å². The molecule has 7 heteroatoms. The number of nitriles is 1. The van der Waals surface area contributed by atoms with Crippen LogP contribution in [0.2, 0.25) is 0 Å². The third-order valence-electron chi connectivity index (χ3n) is 3.53. The predicted octanol–water partition coefficient (Wildman–Crippen LogP) is 3.06. The second kappa shape index (κ2) is 8.83. The summed E-state index contributed by atoms with van der Waals surface area (Å²) in [6.45, 7) is 7.32. The van der Waals surface area contributed by atoms with Gasteiger partial charge in [-0.1, -0.05) is 25.1 Å². The van der Waals surface area contributed by atoms with Crippen molar-refractivity contribution in [2.24, 2.45) is 4.99 Å². The maximum atomic E-state index is 13.9. The summed E-state index contributed by atoms with van der Waals surface area (Å²) in [7, 11) is 0. The quantitative estimate of drug-likeness (QED) is 0.622. The second-order valence-corrected chi connectivity index (χ2v) is 5.84. The fourth-order valence-electron chi connectivity index (χ4n) is 2.11. The number of rotatable bonds is 6. The summed E-state index contributed by atoms with van der Waals surface area (Å²) >= 11 is 0. The van der Waals surface area contributed by atoms with Gasteiger partial charge in [-0.2, -0.15) is 5.26 Å². The number of guanidine groups is 1. The topological polar surface area (TPSA) is 86.2 Å². The number of nitrogens with one attached hydrogen (secondary N) is 2. The minimum absolute atomic E-state index is 0.167. The molecule has 1 aromatic heterocycles. The van der Waals surface area contributed by atoms with Gasteiger partial charge in [0.15, 0.2) is 11.7 Å². The Hall–Kier alpha value is -2.88. The van der Waals surface area contributed by atoms with Crippen molar-refractivity contribution in [1.82, 2.24) is 15.8 Å². The molecule has 0 bridgehead atoms. The first-order chi connectivity index (χ1) is 12.0. The molecule has 0 saturated heterocycles. The Labute approximate surface area is 146 Å². The van der Waals surface area contributed by atoms with Crippen molar-refractivity contribution >= 4 is 5.96 Å². The fraction of sp³-hybridized carbons (Fsp3) is 0.389. The van der Waals surface area contributed by atoms with E-state index in [1.165, 1.54) is 6.07 Å². The monoisotopic (exact) mass is 343 g/mol. The van der Waals surface area contributed by atoms with Gasteiger partial charge < -0.3 is 15.2 Å². The van der Waals surface area contributed by atoms with Crippen molar-refractivity contribution in [2.45, 2.75) is 39.8 Å². The van der Waals surface area contributed by atoms with Crippen LogP contribution >= 0.6 is 0 Å². The Kier molecular flexibility index (Phi) is 6.52. The number of aliphatic imine (C=N–C) groups is 1. The van der Waals surface area contributed by atoms with Gasteiger partial charge in [-0.15, -0.1) is 0 Å². The van der Waals surface area contributed by atoms with Crippen LogP contribution < -0.4 is 10.6 Å². The highest BCUT2D eigenvalue weighted by Gasteiger charge is 2.08. The lowest BCUT2D eigenvalue weighted by molar-refractivity contribution is 0.372. The maximum Gasteiger partial charge on any atom is 0.191 e. The van der Waals surface area contributed by atoms with Crippen molar-refractivity contribution in [2.75, 3.05) is 6.54 Å². The van der Waals surface area contributed by atoms with E-state index < -0.39 is 5.82 Å². The number of aromatic nitrogens is 1. The van der Waals surface area contributed by atoms with Gasteiger partial charge in [0.1, 0.15) is 5.82 Å². The van der Waals surface area contributed by atoms with Crippen LogP contribution in [0.5, 0.6) is 0 Å². The van der Waals surface area contributed by atoms with E-state index in [0.717, 1.165) is 5.69 Å². The molecule has 6 nitrogen and oxygen atoms in total. The number of benzene rings is 1. The van der Waals surface area contributed by atoms with E-state index in [-0.39, 0.29) is 6.54 Å². The molecule has 132 valence electrons. The number of hydrogen-bond donors (Lipinski definition) is 2. The standard InChI is InChI=1S/C18H22FN5O/c1-4-21-18(23-11-15-8-17(12(2)3)24-25-15)22-10-14-6-5-13(9-20)7-16(14)19/h5-8,12H,4,10-11H2,1-3H3,(H2,21,22,23). The predicted molar refractivity (Wildman–Crippen MR) is 93.4 cm³/mol. The Bertz CT molecular complexity index is 776. The normalized spacial score (nSPS) is 11.4. The van der Waals surface area contributed by atoms with Crippen LogP contribution in [-0.4, -0.2) is 17.7 Å². The lowest BCUT2D eigenvalue weighted by Crippen LogP contribution is -2.36. The summed E-state index contributed by atoms with van der Waals surface area (Å²) < 4.78 is 19.2. The molecule has 0 aliphatic heterocycles. The highest BCUT2D eigenvalue weighted by molar-refractivity contribution is 5.79. The average Bonchev–Trinajstić information content (AvgIpc) is 3.07. The third kappa shape index (κ3) is 5.31. The van der Waals surface area contributed by atoms with Crippen LogP contribution in [0, 0.1) is 17.1 Å². The van der Waals surface area contributed by atoms with E-state index in [1.807, 2.05) is 32.9 Å². The molecule has 0 radical (unpaired) electrons. The zero-order valence-corrected chi connectivity index (χ0v) is 14.6. The van der Waals surface area contributed by atoms with Gasteiger partial charge in [0, 0.05) is 18.2 Å². The Balaban J connectivity index is 2.01. The van der Waals surface area contributed by atoms with E-state index in [2.05, 4.69) is 20.8 Å². The SMILES string of the molecule is CCNC(=NCc1ccc(C#N)cc1F)NCc1cc(C(C)C)no1.